The van der Waals surface area contributed by atoms with Crippen molar-refractivity contribution in [3.05, 3.63) is 0 Å². The highest BCUT2D eigenvalue weighted by atomic mass is 35.5. The van der Waals surface area contributed by atoms with Crippen LogP contribution in [0.15, 0.2) is 0 Å². The number of carbonyl (C=O) groups excluding carboxylic acids is 1. The summed E-state index contributed by atoms with van der Waals surface area (Å²) in [5, 5.41) is 0.000000000000000444. The number of rotatable bonds is 1. The van der Waals surface area contributed by atoms with E-state index in [1.165, 1.54) is 4.90 Å². The van der Waals surface area contributed by atoms with Gasteiger partial charge in [0, 0.05) is 7.05 Å². The molecule has 0 aromatic rings. The van der Waals surface area contributed by atoms with Crippen LogP contribution in [-0.2, 0) is 0 Å². The zero-order chi connectivity index (χ0) is 6.57. The Morgan fingerprint density at radius 1 is 1.88 bits per heavy atom. The number of thioether (sulfide) groups is 1. The van der Waals surface area contributed by atoms with Gasteiger partial charge in [-0.1, -0.05) is 11.8 Å². The summed E-state index contributed by atoms with van der Waals surface area (Å²) in [7, 11) is 1.66. The Bertz CT molecular complexity index is 88.1. The van der Waals surface area contributed by atoms with Crippen LogP contribution in [0.2, 0.25) is 0 Å². The Labute approximate surface area is 58.2 Å². The van der Waals surface area contributed by atoms with Gasteiger partial charge in [0.25, 0.3) is 5.24 Å². The number of hydrogen-bond donors (Lipinski definition) is 0. The zero-order valence-electron chi connectivity index (χ0n) is 4.85. The molecule has 0 saturated heterocycles. The van der Waals surface area contributed by atoms with Gasteiger partial charge >= 0.3 is 0 Å². The second-order valence-corrected chi connectivity index (χ2v) is 2.28. The molecule has 0 fully saturated rings. The van der Waals surface area contributed by atoms with Gasteiger partial charge in [0.2, 0.25) is 0 Å². The van der Waals surface area contributed by atoms with Crippen LogP contribution in [0.25, 0.3) is 0 Å². The lowest BCUT2D eigenvalue weighted by atomic mass is 11.0. The van der Waals surface area contributed by atoms with Crippen LogP contribution in [0, 0.1) is 0 Å². The van der Waals surface area contributed by atoms with Crippen LogP contribution in [0.4, 0.5) is 4.79 Å². The molecule has 0 radical (unpaired) electrons. The normalized spacial score (nSPS) is 8.88. The number of nitrogens with zero attached hydrogens (tertiary/aromatic N) is 1. The van der Waals surface area contributed by atoms with Gasteiger partial charge < -0.3 is 4.90 Å². The van der Waals surface area contributed by atoms with E-state index in [0.717, 1.165) is 11.8 Å². The molecule has 0 heterocycles. The molecule has 0 N–H and O–H groups in total. The number of alkyl halides is 1. The van der Waals surface area contributed by atoms with Crippen LogP contribution in [0.5, 0.6) is 0 Å². The molecule has 0 aromatic heterocycles. The summed E-state index contributed by atoms with van der Waals surface area (Å²) < 4.78 is 0. The Morgan fingerprint density at radius 3 is 2.50 bits per heavy atom. The predicted octanol–water partition coefficient (Wildman–Crippen LogP) is 1.60. The highest BCUT2D eigenvalue weighted by Gasteiger charge is 2.01. The zero-order valence-corrected chi connectivity index (χ0v) is 6.42. The summed E-state index contributed by atoms with van der Waals surface area (Å²) in [6.45, 7) is 0. The predicted molar refractivity (Wildman–Crippen MR) is 37.4 cm³/mol. The maximum absolute atomic E-state index is 10.5. The van der Waals surface area contributed by atoms with Gasteiger partial charge in [-0.05, 0) is 6.26 Å². The molecule has 4 heteroatoms. The van der Waals surface area contributed by atoms with E-state index < -0.39 is 0 Å². The van der Waals surface area contributed by atoms with Crippen LogP contribution in [-0.4, -0.2) is 29.4 Å². The van der Waals surface area contributed by atoms with Crippen molar-refractivity contribution in [2.24, 2.45) is 0 Å². The lowest BCUT2D eigenvalue weighted by molar-refractivity contribution is 0.239. The first-order valence-corrected chi connectivity index (χ1v) is 3.83. The summed E-state index contributed by atoms with van der Waals surface area (Å²) in [5.41, 5.74) is 0. The summed E-state index contributed by atoms with van der Waals surface area (Å²) >= 11 is 6.48. The number of halogens is 1. The SMILES string of the molecule is CSC(=O)N(C)CCl. The maximum Gasteiger partial charge on any atom is 0.282 e. The summed E-state index contributed by atoms with van der Waals surface area (Å²) in [5.74, 6) is 0. The van der Waals surface area contributed by atoms with Crippen LogP contribution in [0.3, 0.4) is 0 Å². The number of amides is 1. The Morgan fingerprint density at radius 2 is 2.38 bits per heavy atom. The fourth-order valence-electron chi connectivity index (χ4n) is 0.205. The first kappa shape index (κ1) is 8.11. The quantitative estimate of drug-likeness (QED) is 0.421. The first-order chi connectivity index (χ1) is 3.72. The molecule has 0 atom stereocenters. The van der Waals surface area contributed by atoms with E-state index >= 15 is 0 Å². The van der Waals surface area contributed by atoms with E-state index in [1.807, 2.05) is 0 Å². The lowest BCUT2D eigenvalue weighted by Gasteiger charge is -2.09. The van der Waals surface area contributed by atoms with Gasteiger partial charge in [-0.3, -0.25) is 4.79 Å². The second kappa shape index (κ2) is 4.04. The molecule has 0 aromatic carbocycles. The van der Waals surface area contributed by atoms with E-state index in [4.69, 9.17) is 11.6 Å². The van der Waals surface area contributed by atoms with Crippen LogP contribution in [0.1, 0.15) is 0 Å². The van der Waals surface area contributed by atoms with Crippen molar-refractivity contribution < 1.29 is 4.79 Å². The fraction of sp³-hybridized carbons (Fsp3) is 0.750. The topological polar surface area (TPSA) is 20.3 Å². The highest BCUT2D eigenvalue weighted by molar-refractivity contribution is 8.12. The van der Waals surface area contributed by atoms with Gasteiger partial charge in [0.1, 0.15) is 0 Å². The molecule has 0 rings (SSSR count). The monoisotopic (exact) mass is 153 g/mol. The molecule has 0 aliphatic carbocycles. The van der Waals surface area contributed by atoms with Crippen molar-refractivity contribution in [3.8, 4) is 0 Å². The second-order valence-electron chi connectivity index (χ2n) is 1.29. The number of hydrogen-bond acceptors (Lipinski definition) is 2. The molecule has 0 spiro atoms. The molecule has 8 heavy (non-hydrogen) atoms. The maximum atomic E-state index is 10.5. The van der Waals surface area contributed by atoms with Gasteiger partial charge in [-0.25, -0.2) is 0 Å². The molecular weight excluding hydrogens is 146 g/mol. The van der Waals surface area contributed by atoms with E-state index in [-0.39, 0.29) is 11.2 Å². The smallest absolute Gasteiger partial charge is 0.282 e. The van der Waals surface area contributed by atoms with Crippen molar-refractivity contribution >= 4 is 28.6 Å². The van der Waals surface area contributed by atoms with Gasteiger partial charge in [-0.15, -0.1) is 11.6 Å². The standard InChI is InChI=1S/C4H8ClNOS/c1-6(3-5)4(7)8-2/h3H2,1-2H3. The third-order valence-electron chi connectivity index (χ3n) is 0.666. The third kappa shape index (κ3) is 2.43. The average molecular weight is 154 g/mol. The van der Waals surface area contributed by atoms with Crippen molar-refractivity contribution in [1.82, 2.24) is 4.90 Å². The molecule has 0 aliphatic heterocycles. The highest BCUT2D eigenvalue weighted by Crippen LogP contribution is 2.01. The fourth-order valence-corrected chi connectivity index (χ4v) is 0.760. The van der Waals surface area contributed by atoms with E-state index in [2.05, 4.69) is 0 Å². The minimum Gasteiger partial charge on any atom is -0.323 e. The van der Waals surface area contributed by atoms with Gasteiger partial charge in [0.05, 0.1) is 6.00 Å². The molecule has 0 aliphatic rings. The number of carbonyl (C=O) groups is 1. The van der Waals surface area contributed by atoms with E-state index in [1.54, 1.807) is 13.3 Å². The molecular formula is C4H8ClNOS. The Kier molecular flexibility index (Phi) is 4.09. The Hall–Kier alpha value is 0.110. The molecule has 0 unspecified atom stereocenters. The molecule has 0 bridgehead atoms. The summed E-state index contributed by atoms with van der Waals surface area (Å²) in [6, 6.07) is 0.264. The minimum absolute atomic E-state index is 0.000000000000000444. The molecule has 2 nitrogen and oxygen atoms in total. The van der Waals surface area contributed by atoms with Crippen molar-refractivity contribution in [2.45, 2.75) is 0 Å². The summed E-state index contributed by atoms with van der Waals surface area (Å²) in [6.07, 6.45) is 1.73. The van der Waals surface area contributed by atoms with Crippen LogP contribution >= 0.6 is 23.4 Å². The van der Waals surface area contributed by atoms with E-state index in [9.17, 15) is 4.79 Å². The van der Waals surface area contributed by atoms with E-state index in [0.29, 0.717) is 0 Å². The first-order valence-electron chi connectivity index (χ1n) is 2.07. The third-order valence-corrected chi connectivity index (χ3v) is 1.69. The van der Waals surface area contributed by atoms with Crippen LogP contribution < -0.4 is 0 Å². The average Bonchev–Trinajstić information content (AvgIpc) is 1.84. The molecule has 1 amide bonds. The molecule has 0 saturated carbocycles. The van der Waals surface area contributed by atoms with Gasteiger partial charge in [0.15, 0.2) is 0 Å². The lowest BCUT2D eigenvalue weighted by Crippen LogP contribution is -2.19. The van der Waals surface area contributed by atoms with Gasteiger partial charge in [-0.2, -0.15) is 0 Å². The largest absolute Gasteiger partial charge is 0.323 e. The minimum atomic E-state index is 0.000000000000000444. The Balaban J connectivity index is 3.46. The van der Waals surface area contributed by atoms with Crippen molar-refractivity contribution in [2.75, 3.05) is 19.3 Å². The molecule has 48 valence electrons. The van der Waals surface area contributed by atoms with Crippen molar-refractivity contribution in [3.63, 3.8) is 0 Å². The van der Waals surface area contributed by atoms with Crippen molar-refractivity contribution in [1.29, 1.82) is 0 Å². The summed E-state index contributed by atoms with van der Waals surface area (Å²) in [4.78, 5) is 12.0.